The highest BCUT2D eigenvalue weighted by atomic mass is 16.5. The molecule has 1 aliphatic rings. The van der Waals surface area contributed by atoms with Gasteiger partial charge in [0.2, 0.25) is 0 Å². The summed E-state index contributed by atoms with van der Waals surface area (Å²) in [6.07, 6.45) is 2.49. The summed E-state index contributed by atoms with van der Waals surface area (Å²) in [6.45, 7) is 3.32. The van der Waals surface area contributed by atoms with E-state index in [9.17, 15) is 0 Å². The molecule has 3 heteroatoms. The first-order valence-corrected chi connectivity index (χ1v) is 6.19. The van der Waals surface area contributed by atoms with Crippen LogP contribution in [0.2, 0.25) is 0 Å². The van der Waals surface area contributed by atoms with Crippen molar-refractivity contribution in [3.63, 3.8) is 0 Å². The van der Waals surface area contributed by atoms with Crippen LogP contribution in [0.3, 0.4) is 0 Å². The van der Waals surface area contributed by atoms with Gasteiger partial charge in [0.25, 0.3) is 0 Å². The highest BCUT2D eigenvalue weighted by molar-refractivity contribution is 5.85. The molecule has 0 spiro atoms. The van der Waals surface area contributed by atoms with Crippen LogP contribution in [0.1, 0.15) is 30.1 Å². The smallest absolute Gasteiger partial charge is 0.120 e. The Morgan fingerprint density at radius 1 is 1.35 bits per heavy atom. The second-order valence-corrected chi connectivity index (χ2v) is 4.72. The van der Waals surface area contributed by atoms with Crippen LogP contribution in [0.15, 0.2) is 18.2 Å². The minimum atomic E-state index is 0.494. The number of ether oxygens (including phenoxy) is 1. The van der Waals surface area contributed by atoms with Gasteiger partial charge in [0.05, 0.1) is 7.11 Å². The Balaban J connectivity index is 2.10. The molecule has 0 saturated carbocycles. The minimum absolute atomic E-state index is 0.494. The van der Waals surface area contributed by atoms with E-state index in [2.05, 4.69) is 29.4 Å². The van der Waals surface area contributed by atoms with Crippen LogP contribution in [0.4, 0.5) is 0 Å². The van der Waals surface area contributed by atoms with E-state index >= 15 is 0 Å². The Labute approximate surface area is 101 Å². The molecule has 1 saturated heterocycles. The molecule has 2 heterocycles. The van der Waals surface area contributed by atoms with E-state index in [1.807, 2.05) is 6.07 Å². The van der Waals surface area contributed by atoms with Gasteiger partial charge in [0.1, 0.15) is 5.75 Å². The summed E-state index contributed by atoms with van der Waals surface area (Å²) in [6, 6.07) is 6.72. The quantitative estimate of drug-likeness (QED) is 0.832. The van der Waals surface area contributed by atoms with Crippen molar-refractivity contribution in [1.82, 2.24) is 10.3 Å². The lowest BCUT2D eigenvalue weighted by Gasteiger charge is -2.09. The van der Waals surface area contributed by atoms with Crippen LogP contribution < -0.4 is 10.1 Å². The third kappa shape index (κ3) is 1.71. The van der Waals surface area contributed by atoms with Gasteiger partial charge in [-0.15, -0.1) is 0 Å². The van der Waals surface area contributed by atoms with Crippen LogP contribution in [-0.4, -0.2) is 18.6 Å². The minimum Gasteiger partial charge on any atom is -0.497 e. The highest BCUT2D eigenvalue weighted by Crippen LogP contribution is 2.31. The second-order valence-electron chi connectivity index (χ2n) is 4.72. The summed E-state index contributed by atoms with van der Waals surface area (Å²) in [7, 11) is 1.70. The fourth-order valence-electron chi connectivity index (χ4n) is 2.74. The standard InChI is InChI=1S/C14H18N2O/c1-9-11-6-5-10(17-2)8-13(11)16-14(9)12-4-3-7-15-12/h5-6,8,12,15-16H,3-4,7H2,1-2H3. The molecule has 0 radical (unpaired) electrons. The number of benzene rings is 1. The normalized spacial score (nSPS) is 20.0. The molecule has 90 valence electrons. The van der Waals surface area contributed by atoms with Crippen molar-refractivity contribution in [3.05, 3.63) is 29.5 Å². The topological polar surface area (TPSA) is 37.0 Å². The van der Waals surface area contributed by atoms with Crippen LogP contribution in [-0.2, 0) is 0 Å². The molecule has 2 aromatic rings. The third-order valence-electron chi connectivity index (χ3n) is 3.71. The van der Waals surface area contributed by atoms with Crippen molar-refractivity contribution in [1.29, 1.82) is 0 Å². The molecule has 0 bridgehead atoms. The molecule has 1 atom stereocenters. The highest BCUT2D eigenvalue weighted by Gasteiger charge is 2.20. The lowest BCUT2D eigenvalue weighted by Crippen LogP contribution is -2.13. The van der Waals surface area contributed by atoms with E-state index in [0.717, 1.165) is 12.3 Å². The first-order valence-electron chi connectivity index (χ1n) is 6.19. The fourth-order valence-corrected chi connectivity index (χ4v) is 2.74. The van der Waals surface area contributed by atoms with Gasteiger partial charge in [-0.25, -0.2) is 0 Å². The maximum atomic E-state index is 5.26. The maximum Gasteiger partial charge on any atom is 0.120 e. The number of methoxy groups -OCH3 is 1. The van der Waals surface area contributed by atoms with E-state index in [4.69, 9.17) is 4.74 Å². The zero-order valence-corrected chi connectivity index (χ0v) is 10.3. The number of hydrogen-bond donors (Lipinski definition) is 2. The summed E-state index contributed by atoms with van der Waals surface area (Å²) in [5.41, 5.74) is 3.87. The average molecular weight is 230 g/mol. The van der Waals surface area contributed by atoms with E-state index in [1.165, 1.54) is 35.0 Å². The summed E-state index contributed by atoms with van der Waals surface area (Å²) in [5.74, 6) is 0.907. The molecule has 0 aliphatic carbocycles. The van der Waals surface area contributed by atoms with Crippen LogP contribution in [0.25, 0.3) is 10.9 Å². The van der Waals surface area contributed by atoms with E-state index in [0.29, 0.717) is 6.04 Å². The first-order chi connectivity index (χ1) is 8.29. The molecule has 2 N–H and O–H groups in total. The van der Waals surface area contributed by atoms with Gasteiger partial charge in [-0.2, -0.15) is 0 Å². The van der Waals surface area contributed by atoms with Crippen molar-refractivity contribution in [2.24, 2.45) is 0 Å². The van der Waals surface area contributed by atoms with Crippen molar-refractivity contribution < 1.29 is 4.74 Å². The SMILES string of the molecule is COc1ccc2c(C)c(C3CCCN3)[nH]c2c1. The van der Waals surface area contributed by atoms with E-state index in [1.54, 1.807) is 7.11 Å². The van der Waals surface area contributed by atoms with Gasteiger partial charge in [-0.1, -0.05) is 0 Å². The van der Waals surface area contributed by atoms with Gasteiger partial charge >= 0.3 is 0 Å². The largest absolute Gasteiger partial charge is 0.497 e. The van der Waals surface area contributed by atoms with Crippen molar-refractivity contribution in [3.8, 4) is 5.75 Å². The third-order valence-corrected chi connectivity index (χ3v) is 3.71. The summed E-state index contributed by atoms with van der Waals surface area (Å²) in [4.78, 5) is 3.54. The Morgan fingerprint density at radius 3 is 2.94 bits per heavy atom. The van der Waals surface area contributed by atoms with E-state index in [-0.39, 0.29) is 0 Å². The Morgan fingerprint density at radius 2 is 2.24 bits per heavy atom. The molecule has 0 amide bonds. The van der Waals surface area contributed by atoms with Gasteiger partial charge in [0, 0.05) is 28.7 Å². The summed E-state index contributed by atoms with van der Waals surface area (Å²) < 4.78 is 5.26. The molecule has 1 aliphatic heterocycles. The number of rotatable bonds is 2. The Bertz CT molecular complexity index is 538. The molecule has 3 rings (SSSR count). The molecule has 1 fully saturated rings. The van der Waals surface area contributed by atoms with Gasteiger partial charge in [0.15, 0.2) is 0 Å². The number of aryl methyl sites for hydroxylation is 1. The lowest BCUT2D eigenvalue weighted by atomic mass is 10.1. The molecule has 1 aromatic carbocycles. The second kappa shape index (κ2) is 4.08. The predicted octanol–water partition coefficient (Wildman–Crippen LogP) is 2.91. The number of aromatic nitrogens is 1. The number of H-pyrrole nitrogens is 1. The van der Waals surface area contributed by atoms with Crippen LogP contribution >= 0.6 is 0 Å². The Kier molecular flexibility index (Phi) is 2.56. The maximum absolute atomic E-state index is 5.26. The molecular weight excluding hydrogens is 212 g/mol. The van der Waals surface area contributed by atoms with Gasteiger partial charge in [-0.3, -0.25) is 0 Å². The zero-order chi connectivity index (χ0) is 11.8. The van der Waals surface area contributed by atoms with Crippen LogP contribution in [0, 0.1) is 6.92 Å². The summed E-state index contributed by atoms with van der Waals surface area (Å²) >= 11 is 0. The van der Waals surface area contributed by atoms with Crippen LogP contribution in [0.5, 0.6) is 5.75 Å². The monoisotopic (exact) mass is 230 g/mol. The van der Waals surface area contributed by atoms with Gasteiger partial charge in [-0.05, 0) is 44.0 Å². The first kappa shape index (κ1) is 10.7. The molecular formula is C14H18N2O. The number of nitrogens with one attached hydrogen (secondary N) is 2. The fraction of sp³-hybridized carbons (Fsp3) is 0.429. The lowest BCUT2D eigenvalue weighted by molar-refractivity contribution is 0.415. The molecule has 1 aromatic heterocycles. The molecule has 17 heavy (non-hydrogen) atoms. The molecule has 3 nitrogen and oxygen atoms in total. The zero-order valence-electron chi connectivity index (χ0n) is 10.3. The molecule has 1 unspecified atom stereocenters. The van der Waals surface area contributed by atoms with Gasteiger partial charge < -0.3 is 15.0 Å². The average Bonchev–Trinajstić information content (AvgIpc) is 2.97. The van der Waals surface area contributed by atoms with Crippen molar-refractivity contribution in [2.75, 3.05) is 13.7 Å². The van der Waals surface area contributed by atoms with E-state index < -0.39 is 0 Å². The number of fused-ring (bicyclic) bond motifs is 1. The predicted molar refractivity (Wildman–Crippen MR) is 69.6 cm³/mol. The Hall–Kier alpha value is -1.48. The number of hydrogen-bond acceptors (Lipinski definition) is 2. The van der Waals surface area contributed by atoms with Crippen molar-refractivity contribution in [2.45, 2.75) is 25.8 Å². The number of aromatic amines is 1. The summed E-state index contributed by atoms with van der Waals surface area (Å²) in [5, 5.41) is 4.84. The van der Waals surface area contributed by atoms with Crippen molar-refractivity contribution >= 4 is 10.9 Å².